The first-order valence-electron chi connectivity index (χ1n) is 9.88. The summed E-state index contributed by atoms with van der Waals surface area (Å²) in [7, 11) is -0.948. The monoisotopic (exact) mass is 448 g/mol. The van der Waals surface area contributed by atoms with Gasteiger partial charge in [-0.05, 0) is 25.0 Å². The summed E-state index contributed by atoms with van der Waals surface area (Å²) in [4.78, 5) is 14.3. The molecule has 2 aromatic rings. The molecular formula is C21H24N2O7S. The van der Waals surface area contributed by atoms with Gasteiger partial charge in [-0.15, -0.1) is 0 Å². The number of ether oxygens (including phenoxy) is 4. The van der Waals surface area contributed by atoms with Crippen LogP contribution in [0.25, 0.3) is 0 Å². The van der Waals surface area contributed by atoms with Gasteiger partial charge in [-0.1, -0.05) is 0 Å². The molecule has 4 rings (SSSR count). The molecule has 166 valence electrons. The summed E-state index contributed by atoms with van der Waals surface area (Å²) in [5, 5.41) is 0. The van der Waals surface area contributed by atoms with Crippen molar-refractivity contribution >= 4 is 21.6 Å². The van der Waals surface area contributed by atoms with Crippen molar-refractivity contribution in [3.63, 3.8) is 0 Å². The van der Waals surface area contributed by atoms with Gasteiger partial charge >= 0.3 is 0 Å². The molecule has 1 amide bonds. The zero-order valence-electron chi connectivity index (χ0n) is 17.3. The van der Waals surface area contributed by atoms with E-state index >= 15 is 0 Å². The van der Waals surface area contributed by atoms with E-state index in [0.29, 0.717) is 22.9 Å². The lowest BCUT2D eigenvalue weighted by Crippen LogP contribution is -2.45. The van der Waals surface area contributed by atoms with Crippen molar-refractivity contribution in [1.82, 2.24) is 4.90 Å². The Morgan fingerprint density at radius 2 is 1.71 bits per heavy atom. The molecule has 0 spiro atoms. The first-order valence-corrected chi connectivity index (χ1v) is 11.4. The van der Waals surface area contributed by atoms with Gasteiger partial charge in [0.25, 0.3) is 15.9 Å². The van der Waals surface area contributed by atoms with E-state index in [1.165, 1.54) is 32.4 Å². The minimum atomic E-state index is -3.91. The molecule has 1 fully saturated rings. The highest BCUT2D eigenvalue weighted by Crippen LogP contribution is 2.35. The van der Waals surface area contributed by atoms with E-state index in [-0.39, 0.29) is 23.2 Å². The van der Waals surface area contributed by atoms with Gasteiger partial charge in [0, 0.05) is 37.4 Å². The third kappa shape index (κ3) is 4.48. The molecule has 0 radical (unpaired) electrons. The normalized spacial score (nSPS) is 17.9. The van der Waals surface area contributed by atoms with Crippen LogP contribution in [0.15, 0.2) is 41.3 Å². The van der Waals surface area contributed by atoms with E-state index in [2.05, 4.69) is 4.72 Å². The van der Waals surface area contributed by atoms with Gasteiger partial charge in [0.05, 0.1) is 24.8 Å². The number of sulfonamides is 1. The number of anilines is 1. The third-order valence-electron chi connectivity index (χ3n) is 5.18. The van der Waals surface area contributed by atoms with Crippen molar-refractivity contribution in [2.45, 2.75) is 23.8 Å². The quantitative estimate of drug-likeness (QED) is 0.723. The van der Waals surface area contributed by atoms with Gasteiger partial charge in [-0.3, -0.25) is 9.52 Å². The minimum Gasteiger partial charge on any atom is -0.497 e. The van der Waals surface area contributed by atoms with Gasteiger partial charge in [0.1, 0.15) is 18.1 Å². The lowest BCUT2D eigenvalue weighted by Gasteiger charge is -2.28. The van der Waals surface area contributed by atoms with Crippen LogP contribution in [0.5, 0.6) is 23.0 Å². The molecule has 0 aromatic heterocycles. The molecule has 1 N–H and O–H groups in total. The molecule has 0 bridgehead atoms. The Bertz CT molecular complexity index is 1060. The first-order chi connectivity index (χ1) is 14.9. The highest BCUT2D eigenvalue weighted by Gasteiger charge is 2.33. The van der Waals surface area contributed by atoms with Gasteiger partial charge in [-0.25, -0.2) is 8.42 Å². The number of methoxy groups -OCH3 is 2. The maximum Gasteiger partial charge on any atom is 0.267 e. The number of hydrogen-bond donors (Lipinski definition) is 1. The Labute approximate surface area is 180 Å². The Balaban J connectivity index is 1.52. The Kier molecular flexibility index (Phi) is 5.81. The lowest BCUT2D eigenvalue weighted by molar-refractivity contribution is -0.140. The molecule has 2 aliphatic heterocycles. The average molecular weight is 448 g/mol. The van der Waals surface area contributed by atoms with Crippen LogP contribution in [0.2, 0.25) is 0 Å². The van der Waals surface area contributed by atoms with Crippen LogP contribution in [-0.4, -0.2) is 59.2 Å². The fourth-order valence-electron chi connectivity index (χ4n) is 3.56. The molecule has 2 aromatic carbocycles. The Morgan fingerprint density at radius 1 is 1.03 bits per heavy atom. The highest BCUT2D eigenvalue weighted by molar-refractivity contribution is 7.92. The molecule has 31 heavy (non-hydrogen) atoms. The van der Waals surface area contributed by atoms with Gasteiger partial charge in [0.2, 0.25) is 6.10 Å². The van der Waals surface area contributed by atoms with Gasteiger partial charge in [-0.2, -0.15) is 0 Å². The third-order valence-corrected chi connectivity index (χ3v) is 6.56. The number of nitrogens with zero attached hydrogens (tertiary/aromatic N) is 1. The first kappa shape index (κ1) is 21.1. The van der Waals surface area contributed by atoms with Crippen LogP contribution < -0.4 is 23.7 Å². The number of nitrogens with one attached hydrogen (secondary N) is 1. The van der Waals surface area contributed by atoms with Crippen LogP contribution in [0.4, 0.5) is 5.69 Å². The number of amides is 1. The van der Waals surface area contributed by atoms with Crippen LogP contribution in [-0.2, 0) is 14.8 Å². The van der Waals surface area contributed by atoms with E-state index < -0.39 is 16.1 Å². The SMILES string of the molecule is COc1cc(NS(=O)(=O)c2ccc3c(c2)OC[C@@H](C(=O)N2CCCC2)O3)cc(OC)c1. The fraction of sp³-hybridized carbons (Fsp3) is 0.381. The van der Waals surface area contributed by atoms with Crippen molar-refractivity contribution in [2.75, 3.05) is 38.6 Å². The molecule has 9 nitrogen and oxygen atoms in total. The summed E-state index contributed by atoms with van der Waals surface area (Å²) in [6.45, 7) is 1.49. The molecule has 10 heteroatoms. The summed E-state index contributed by atoms with van der Waals surface area (Å²) in [6, 6.07) is 9.02. The number of carbonyl (C=O) groups is 1. The molecule has 0 saturated carbocycles. The average Bonchev–Trinajstić information content (AvgIpc) is 3.32. The Hall–Kier alpha value is -3.14. The van der Waals surface area contributed by atoms with E-state index in [9.17, 15) is 13.2 Å². The van der Waals surface area contributed by atoms with Gasteiger partial charge in [0.15, 0.2) is 11.5 Å². The molecule has 0 unspecified atom stereocenters. The molecule has 2 aliphatic rings. The number of hydrogen-bond acceptors (Lipinski definition) is 7. The summed E-state index contributed by atoms with van der Waals surface area (Å²) < 4.78 is 50.1. The van der Waals surface area contributed by atoms with Crippen molar-refractivity contribution in [1.29, 1.82) is 0 Å². The summed E-state index contributed by atoms with van der Waals surface area (Å²) in [5.74, 6) is 1.41. The lowest BCUT2D eigenvalue weighted by atomic mass is 10.2. The largest absolute Gasteiger partial charge is 0.497 e. The van der Waals surface area contributed by atoms with Crippen molar-refractivity contribution < 1.29 is 32.2 Å². The second kappa shape index (κ2) is 8.54. The molecule has 1 atom stereocenters. The number of benzene rings is 2. The number of likely N-dealkylation sites (tertiary alicyclic amines) is 1. The molecule has 0 aliphatic carbocycles. The number of fused-ring (bicyclic) bond motifs is 1. The summed E-state index contributed by atoms with van der Waals surface area (Å²) >= 11 is 0. The maximum absolute atomic E-state index is 12.9. The second-order valence-electron chi connectivity index (χ2n) is 7.27. The molecular weight excluding hydrogens is 424 g/mol. The van der Waals surface area contributed by atoms with Crippen LogP contribution in [0, 0.1) is 0 Å². The zero-order chi connectivity index (χ0) is 22.0. The second-order valence-corrected chi connectivity index (χ2v) is 8.95. The minimum absolute atomic E-state index is 0.000885. The summed E-state index contributed by atoms with van der Waals surface area (Å²) in [5.41, 5.74) is 0.294. The van der Waals surface area contributed by atoms with Gasteiger partial charge < -0.3 is 23.8 Å². The van der Waals surface area contributed by atoms with Crippen molar-refractivity contribution in [3.05, 3.63) is 36.4 Å². The van der Waals surface area contributed by atoms with Crippen LogP contribution >= 0.6 is 0 Å². The zero-order valence-corrected chi connectivity index (χ0v) is 18.1. The molecule has 1 saturated heterocycles. The van der Waals surface area contributed by atoms with E-state index in [1.807, 2.05) is 0 Å². The van der Waals surface area contributed by atoms with E-state index in [1.54, 1.807) is 23.1 Å². The number of carbonyl (C=O) groups excluding carboxylic acids is 1. The van der Waals surface area contributed by atoms with E-state index in [4.69, 9.17) is 18.9 Å². The smallest absolute Gasteiger partial charge is 0.267 e. The number of rotatable bonds is 6. The van der Waals surface area contributed by atoms with Crippen molar-refractivity contribution in [2.24, 2.45) is 0 Å². The predicted molar refractivity (Wildman–Crippen MR) is 113 cm³/mol. The summed E-state index contributed by atoms with van der Waals surface area (Å²) in [6.07, 6.45) is 1.25. The van der Waals surface area contributed by atoms with Crippen LogP contribution in [0.1, 0.15) is 12.8 Å². The highest BCUT2D eigenvalue weighted by atomic mass is 32.2. The van der Waals surface area contributed by atoms with Crippen LogP contribution in [0.3, 0.4) is 0 Å². The maximum atomic E-state index is 12.9. The van der Waals surface area contributed by atoms with E-state index in [0.717, 1.165) is 25.9 Å². The predicted octanol–water partition coefficient (Wildman–Crippen LogP) is 2.27. The molecule has 2 heterocycles. The Morgan fingerprint density at radius 3 is 2.35 bits per heavy atom. The van der Waals surface area contributed by atoms with Crippen molar-refractivity contribution in [3.8, 4) is 23.0 Å². The standard InChI is InChI=1S/C21H24N2O7S/c1-27-15-9-14(10-16(11-15)28-2)22-31(25,26)17-5-6-18-19(12-17)29-13-20(30-18)21(24)23-7-3-4-8-23/h5-6,9-12,20,22H,3-4,7-8,13H2,1-2H3/t20-/m0/s1. The fourth-order valence-corrected chi connectivity index (χ4v) is 4.62. The topological polar surface area (TPSA) is 103 Å².